The fourth-order valence-corrected chi connectivity index (χ4v) is 4.02. The highest BCUT2D eigenvalue weighted by Gasteiger charge is 2.64. The zero-order valence-electron chi connectivity index (χ0n) is 14.0. The lowest BCUT2D eigenvalue weighted by Gasteiger charge is -2.15. The van der Waals surface area contributed by atoms with Gasteiger partial charge in [0.05, 0.1) is 20.4 Å². The predicted octanol–water partition coefficient (Wildman–Crippen LogP) is 2.98. The van der Waals surface area contributed by atoms with Gasteiger partial charge in [0.1, 0.15) is 0 Å². The largest absolute Gasteiger partial charge is 0.493 e. The van der Waals surface area contributed by atoms with Crippen molar-refractivity contribution in [1.29, 1.82) is 0 Å². The molecule has 3 rings (SSSR count). The summed E-state index contributed by atoms with van der Waals surface area (Å²) in [6, 6.07) is 5.51. The van der Waals surface area contributed by atoms with Crippen molar-refractivity contribution in [3.8, 4) is 11.5 Å². The van der Waals surface area contributed by atoms with Crippen LogP contribution in [0.2, 0.25) is 0 Å². The lowest BCUT2D eigenvalue weighted by molar-refractivity contribution is -0.123. The Morgan fingerprint density at radius 3 is 2.74 bits per heavy atom. The van der Waals surface area contributed by atoms with Crippen LogP contribution in [0.3, 0.4) is 0 Å². The van der Waals surface area contributed by atoms with Gasteiger partial charge < -0.3 is 9.47 Å². The Morgan fingerprint density at radius 1 is 1.30 bits per heavy atom. The fraction of sp³-hybridized carbons (Fsp3) is 0.556. The van der Waals surface area contributed by atoms with E-state index < -0.39 is 0 Å². The average molecular weight is 316 g/mol. The first-order valence-corrected chi connectivity index (χ1v) is 8.15. The molecule has 0 unspecified atom stereocenters. The van der Waals surface area contributed by atoms with E-state index in [1.165, 1.54) is 19.3 Å². The lowest BCUT2D eigenvalue weighted by atomic mass is 9.90. The van der Waals surface area contributed by atoms with Gasteiger partial charge in [-0.1, -0.05) is 19.8 Å². The first kappa shape index (κ1) is 15.8. The predicted molar refractivity (Wildman–Crippen MR) is 88.8 cm³/mol. The normalized spacial score (nSPS) is 29.0. The van der Waals surface area contributed by atoms with Gasteiger partial charge in [0, 0.05) is 5.92 Å². The topological polar surface area (TPSA) is 59.9 Å². The standard InChI is InChI=1S/C18H24N2O3/c1-18-9-5-4-6-13(18)16(18)17(21)20-19-11-12-7-8-14(22-2)15(10-12)23-3/h7-8,10-11,13,16H,4-6,9H2,1-3H3,(H,20,21)/b19-11-/t13-,16+,18-/m1/s1. The van der Waals surface area contributed by atoms with E-state index >= 15 is 0 Å². The Kier molecular flexibility index (Phi) is 4.28. The highest BCUT2D eigenvalue weighted by Crippen LogP contribution is 2.66. The summed E-state index contributed by atoms with van der Waals surface area (Å²) in [5.41, 5.74) is 3.76. The molecule has 0 spiro atoms. The highest BCUT2D eigenvalue weighted by molar-refractivity contribution is 5.86. The summed E-state index contributed by atoms with van der Waals surface area (Å²) >= 11 is 0. The fourth-order valence-electron chi connectivity index (χ4n) is 4.02. The number of hydrazone groups is 1. The van der Waals surface area contributed by atoms with Crippen molar-refractivity contribution in [2.75, 3.05) is 14.2 Å². The van der Waals surface area contributed by atoms with E-state index in [-0.39, 0.29) is 17.2 Å². The number of nitrogens with one attached hydrogen (secondary N) is 1. The minimum Gasteiger partial charge on any atom is -0.493 e. The lowest BCUT2D eigenvalue weighted by Crippen LogP contribution is -2.22. The van der Waals surface area contributed by atoms with Crippen LogP contribution in [0.25, 0.3) is 0 Å². The van der Waals surface area contributed by atoms with Crippen LogP contribution < -0.4 is 14.9 Å². The first-order valence-electron chi connectivity index (χ1n) is 8.15. The Bertz CT molecular complexity index is 629. The molecule has 5 nitrogen and oxygen atoms in total. The van der Waals surface area contributed by atoms with Crippen molar-refractivity contribution in [3.05, 3.63) is 23.8 Å². The van der Waals surface area contributed by atoms with Crippen LogP contribution in [0.5, 0.6) is 11.5 Å². The number of carbonyl (C=O) groups is 1. The van der Waals surface area contributed by atoms with Gasteiger partial charge >= 0.3 is 0 Å². The second kappa shape index (κ2) is 6.22. The number of methoxy groups -OCH3 is 2. The summed E-state index contributed by atoms with van der Waals surface area (Å²) in [6.45, 7) is 2.24. The second-order valence-corrected chi connectivity index (χ2v) is 6.68. The molecule has 0 aliphatic heterocycles. The number of ether oxygens (including phenoxy) is 2. The summed E-state index contributed by atoms with van der Waals surface area (Å²) < 4.78 is 10.5. The smallest absolute Gasteiger partial charge is 0.244 e. The molecule has 0 aromatic heterocycles. The molecule has 2 aliphatic rings. The summed E-state index contributed by atoms with van der Waals surface area (Å²) in [5.74, 6) is 2.04. The van der Waals surface area contributed by atoms with Crippen LogP contribution in [0.4, 0.5) is 0 Å². The van der Waals surface area contributed by atoms with Crippen molar-refractivity contribution in [2.45, 2.75) is 32.6 Å². The molecule has 0 radical (unpaired) electrons. The van der Waals surface area contributed by atoms with E-state index in [2.05, 4.69) is 17.5 Å². The molecular weight excluding hydrogens is 292 g/mol. The van der Waals surface area contributed by atoms with Gasteiger partial charge in [-0.15, -0.1) is 0 Å². The average Bonchev–Trinajstić information content (AvgIpc) is 3.20. The third kappa shape index (κ3) is 2.92. The Balaban J connectivity index is 1.60. The summed E-state index contributed by atoms with van der Waals surface area (Å²) in [6.07, 6.45) is 6.46. The molecule has 2 aliphatic carbocycles. The van der Waals surface area contributed by atoms with Gasteiger partial charge in [0.15, 0.2) is 11.5 Å². The monoisotopic (exact) mass is 316 g/mol. The molecule has 3 atom stereocenters. The summed E-state index contributed by atoms with van der Waals surface area (Å²) in [4.78, 5) is 12.3. The quantitative estimate of drug-likeness (QED) is 0.671. The van der Waals surface area contributed by atoms with E-state index in [0.717, 1.165) is 12.0 Å². The van der Waals surface area contributed by atoms with Gasteiger partial charge in [-0.3, -0.25) is 4.79 Å². The van der Waals surface area contributed by atoms with Crippen LogP contribution in [0, 0.1) is 17.3 Å². The summed E-state index contributed by atoms with van der Waals surface area (Å²) in [5, 5.41) is 4.10. The van der Waals surface area contributed by atoms with E-state index in [1.54, 1.807) is 20.4 Å². The van der Waals surface area contributed by atoms with Gasteiger partial charge in [-0.25, -0.2) is 5.43 Å². The molecule has 1 aromatic carbocycles. The summed E-state index contributed by atoms with van der Waals surface area (Å²) in [7, 11) is 3.19. The maximum absolute atomic E-state index is 12.3. The van der Waals surface area contributed by atoms with Crippen molar-refractivity contribution in [1.82, 2.24) is 5.43 Å². The Morgan fingerprint density at radius 2 is 2.09 bits per heavy atom. The van der Waals surface area contributed by atoms with Crippen LogP contribution in [0.15, 0.2) is 23.3 Å². The van der Waals surface area contributed by atoms with Gasteiger partial charge in [-0.05, 0) is 47.9 Å². The minimum absolute atomic E-state index is 0.0520. The minimum atomic E-state index is 0.0520. The van der Waals surface area contributed by atoms with Gasteiger partial charge in [0.2, 0.25) is 5.91 Å². The van der Waals surface area contributed by atoms with Gasteiger partial charge in [-0.2, -0.15) is 5.10 Å². The zero-order chi connectivity index (χ0) is 16.4. The second-order valence-electron chi connectivity index (χ2n) is 6.68. The number of hydrogen-bond donors (Lipinski definition) is 1. The number of rotatable bonds is 5. The maximum atomic E-state index is 12.3. The number of carbonyl (C=O) groups excluding carboxylic acids is 1. The molecule has 0 heterocycles. The number of nitrogens with zero attached hydrogens (tertiary/aromatic N) is 1. The SMILES string of the molecule is COc1ccc(/C=N\NC(=O)[C@@H]2[C@H]3CCCC[C@]32C)cc1OC. The van der Waals surface area contributed by atoms with E-state index in [4.69, 9.17) is 9.47 Å². The molecule has 5 heteroatoms. The first-order chi connectivity index (χ1) is 11.1. The molecule has 23 heavy (non-hydrogen) atoms. The van der Waals surface area contributed by atoms with Crippen LogP contribution in [0.1, 0.15) is 38.2 Å². The van der Waals surface area contributed by atoms with Gasteiger partial charge in [0.25, 0.3) is 0 Å². The molecule has 2 saturated carbocycles. The van der Waals surface area contributed by atoms with E-state index in [9.17, 15) is 4.79 Å². The van der Waals surface area contributed by atoms with Crippen molar-refractivity contribution >= 4 is 12.1 Å². The number of fused-ring (bicyclic) bond motifs is 1. The Hall–Kier alpha value is -2.04. The maximum Gasteiger partial charge on any atom is 0.244 e. The molecule has 1 N–H and O–H groups in total. The van der Waals surface area contributed by atoms with Crippen molar-refractivity contribution in [3.63, 3.8) is 0 Å². The molecule has 1 aromatic rings. The molecule has 0 saturated heterocycles. The molecular formula is C18H24N2O3. The van der Waals surface area contributed by atoms with Crippen LogP contribution in [-0.2, 0) is 4.79 Å². The number of hydrogen-bond acceptors (Lipinski definition) is 4. The molecule has 0 bridgehead atoms. The van der Waals surface area contributed by atoms with Crippen LogP contribution >= 0.6 is 0 Å². The molecule has 1 amide bonds. The van der Waals surface area contributed by atoms with Crippen molar-refractivity contribution < 1.29 is 14.3 Å². The molecule has 2 fully saturated rings. The highest BCUT2D eigenvalue weighted by atomic mass is 16.5. The third-order valence-corrected chi connectivity index (χ3v) is 5.41. The number of benzene rings is 1. The van der Waals surface area contributed by atoms with E-state index in [0.29, 0.717) is 17.4 Å². The Labute approximate surface area is 137 Å². The van der Waals surface area contributed by atoms with E-state index in [1.807, 2.05) is 18.2 Å². The molecule has 124 valence electrons. The van der Waals surface area contributed by atoms with Crippen molar-refractivity contribution in [2.24, 2.45) is 22.4 Å². The third-order valence-electron chi connectivity index (χ3n) is 5.41. The zero-order valence-corrected chi connectivity index (χ0v) is 14.0. The van der Waals surface area contributed by atoms with Crippen LogP contribution in [-0.4, -0.2) is 26.3 Å². The number of amides is 1.